The maximum Gasteiger partial charge on any atom is 0.238 e. The molecule has 0 aromatic rings. The molecule has 6 nitrogen and oxygen atoms in total. The first-order valence-corrected chi connectivity index (χ1v) is 7.30. The summed E-state index contributed by atoms with van der Waals surface area (Å²) in [6, 6.07) is -0.344. The minimum absolute atomic E-state index is 0.344. The third kappa shape index (κ3) is 3.43. The average Bonchev–Trinajstić information content (AvgIpc) is 2.14. The van der Waals surface area contributed by atoms with E-state index in [0.717, 1.165) is 6.26 Å². The highest BCUT2D eigenvalue weighted by atomic mass is 32.2. The molecule has 7 heteroatoms. The lowest BCUT2D eigenvalue weighted by molar-refractivity contribution is -0.136. The molecule has 0 aliphatic carbocycles. The van der Waals surface area contributed by atoms with E-state index in [-0.39, 0.29) is 6.04 Å². The van der Waals surface area contributed by atoms with Gasteiger partial charge in [0.1, 0.15) is 12.0 Å². The molecule has 1 amide bonds. The summed E-state index contributed by atoms with van der Waals surface area (Å²) in [5.41, 5.74) is 0. The third-order valence-electron chi connectivity index (χ3n) is 2.60. The summed E-state index contributed by atoms with van der Waals surface area (Å²) in [6.45, 7) is 2.76. The molecule has 2 unspecified atom stereocenters. The largest absolute Gasteiger partial charge is 0.376 e. The Morgan fingerprint density at radius 3 is 2.69 bits per heavy atom. The number of nitrogens with one attached hydrogen (secondary N) is 1. The number of aliphatic hydroxyl groups excluding tert-OH is 1. The predicted octanol–water partition coefficient (Wildman–Crippen LogP) is -1.44. The van der Waals surface area contributed by atoms with E-state index in [0.29, 0.717) is 19.5 Å². The Morgan fingerprint density at radius 2 is 2.19 bits per heavy atom. The summed E-state index contributed by atoms with van der Waals surface area (Å²) in [4.78, 5) is 13.2. The summed E-state index contributed by atoms with van der Waals surface area (Å²) in [5.74, 6) is -0.925. The first-order valence-electron chi connectivity index (χ1n) is 5.24. The highest BCUT2D eigenvalue weighted by Gasteiger charge is 2.32. The van der Waals surface area contributed by atoms with Crippen LogP contribution in [0.15, 0.2) is 0 Å². The average molecular weight is 250 g/mol. The number of sulfone groups is 1. The molecular weight excluding hydrogens is 232 g/mol. The lowest BCUT2D eigenvalue weighted by Crippen LogP contribution is -2.60. The fourth-order valence-electron chi connectivity index (χ4n) is 1.87. The standard InChI is InChI=1S/C9H18N2O4S/c1-3-7-9(13)10-4-5-11(7)8(12)6-16(2,14)15/h7,9-10,13H,3-6H2,1-2H3. The van der Waals surface area contributed by atoms with Crippen molar-refractivity contribution in [2.24, 2.45) is 0 Å². The van der Waals surface area contributed by atoms with Crippen LogP contribution in [0.2, 0.25) is 0 Å². The van der Waals surface area contributed by atoms with Gasteiger partial charge in [-0.1, -0.05) is 6.92 Å². The van der Waals surface area contributed by atoms with Gasteiger partial charge in [0.15, 0.2) is 9.84 Å². The fraction of sp³-hybridized carbons (Fsp3) is 0.889. The second-order valence-corrected chi connectivity index (χ2v) is 6.17. The Kier molecular flexibility index (Phi) is 4.28. The van der Waals surface area contributed by atoms with E-state index in [1.165, 1.54) is 4.90 Å². The monoisotopic (exact) mass is 250 g/mol. The minimum Gasteiger partial charge on any atom is -0.376 e. The number of nitrogens with zero attached hydrogens (tertiary/aromatic N) is 1. The highest BCUT2D eigenvalue weighted by molar-refractivity contribution is 7.91. The van der Waals surface area contributed by atoms with Crippen LogP contribution in [-0.4, -0.2) is 61.7 Å². The molecule has 1 heterocycles. The molecule has 0 radical (unpaired) electrons. The summed E-state index contributed by atoms with van der Waals surface area (Å²) >= 11 is 0. The Bertz CT molecular complexity index is 355. The Hall–Kier alpha value is -0.660. The number of carbonyl (C=O) groups is 1. The van der Waals surface area contributed by atoms with E-state index in [4.69, 9.17) is 0 Å². The zero-order valence-electron chi connectivity index (χ0n) is 9.51. The first kappa shape index (κ1) is 13.4. The number of amides is 1. The highest BCUT2D eigenvalue weighted by Crippen LogP contribution is 2.12. The van der Waals surface area contributed by atoms with Crippen molar-refractivity contribution in [3.8, 4) is 0 Å². The van der Waals surface area contributed by atoms with Crippen molar-refractivity contribution in [2.45, 2.75) is 25.6 Å². The zero-order chi connectivity index (χ0) is 12.3. The van der Waals surface area contributed by atoms with E-state index in [1.807, 2.05) is 6.92 Å². The number of hydrogen-bond donors (Lipinski definition) is 2. The Morgan fingerprint density at radius 1 is 1.56 bits per heavy atom. The van der Waals surface area contributed by atoms with Crippen molar-refractivity contribution >= 4 is 15.7 Å². The van der Waals surface area contributed by atoms with Crippen LogP contribution in [0.3, 0.4) is 0 Å². The summed E-state index contributed by atoms with van der Waals surface area (Å²) in [5, 5.41) is 12.5. The van der Waals surface area contributed by atoms with E-state index in [1.54, 1.807) is 0 Å². The van der Waals surface area contributed by atoms with Gasteiger partial charge in [-0.15, -0.1) is 0 Å². The van der Waals surface area contributed by atoms with Gasteiger partial charge in [0.2, 0.25) is 5.91 Å². The SMILES string of the molecule is CCC1C(O)NCCN1C(=O)CS(C)(=O)=O. The lowest BCUT2D eigenvalue weighted by Gasteiger charge is -2.39. The molecule has 16 heavy (non-hydrogen) atoms. The molecule has 0 aromatic carbocycles. The van der Waals surface area contributed by atoms with Crippen molar-refractivity contribution in [1.29, 1.82) is 0 Å². The molecular formula is C9H18N2O4S. The maximum atomic E-state index is 11.7. The van der Waals surface area contributed by atoms with Crippen LogP contribution in [0.25, 0.3) is 0 Å². The van der Waals surface area contributed by atoms with Crippen molar-refractivity contribution in [2.75, 3.05) is 25.1 Å². The molecule has 0 spiro atoms. The van der Waals surface area contributed by atoms with E-state index in [2.05, 4.69) is 5.32 Å². The molecule has 1 saturated heterocycles. The molecule has 0 bridgehead atoms. The van der Waals surface area contributed by atoms with Gasteiger partial charge in [0, 0.05) is 19.3 Å². The van der Waals surface area contributed by atoms with Crippen LogP contribution in [0.1, 0.15) is 13.3 Å². The number of rotatable bonds is 3. The molecule has 2 atom stereocenters. The Balaban J connectivity index is 2.73. The van der Waals surface area contributed by atoms with Crippen LogP contribution in [0, 0.1) is 0 Å². The van der Waals surface area contributed by atoms with Crippen LogP contribution in [0.4, 0.5) is 0 Å². The number of hydrogen-bond acceptors (Lipinski definition) is 5. The molecule has 1 aliphatic rings. The topological polar surface area (TPSA) is 86.7 Å². The van der Waals surface area contributed by atoms with Crippen LogP contribution >= 0.6 is 0 Å². The molecule has 2 N–H and O–H groups in total. The summed E-state index contributed by atoms with van der Waals surface area (Å²) in [6.07, 6.45) is 0.844. The van der Waals surface area contributed by atoms with Gasteiger partial charge in [-0.3, -0.25) is 10.1 Å². The fourth-order valence-corrected chi connectivity index (χ4v) is 2.48. The number of piperazine rings is 1. The van der Waals surface area contributed by atoms with Crippen molar-refractivity contribution in [3.05, 3.63) is 0 Å². The molecule has 1 rings (SSSR count). The van der Waals surface area contributed by atoms with Crippen LogP contribution in [-0.2, 0) is 14.6 Å². The number of carbonyl (C=O) groups excluding carboxylic acids is 1. The second-order valence-electron chi connectivity index (χ2n) is 4.03. The van der Waals surface area contributed by atoms with Gasteiger partial charge < -0.3 is 10.0 Å². The van der Waals surface area contributed by atoms with E-state index >= 15 is 0 Å². The smallest absolute Gasteiger partial charge is 0.238 e. The minimum atomic E-state index is -3.32. The van der Waals surface area contributed by atoms with Gasteiger partial charge in [-0.2, -0.15) is 0 Å². The normalized spacial score (nSPS) is 26.8. The predicted molar refractivity (Wildman–Crippen MR) is 59.5 cm³/mol. The van der Waals surface area contributed by atoms with Crippen molar-refractivity contribution < 1.29 is 18.3 Å². The summed E-state index contributed by atoms with van der Waals surface area (Å²) in [7, 11) is -3.32. The third-order valence-corrected chi connectivity index (χ3v) is 3.37. The van der Waals surface area contributed by atoms with Crippen LogP contribution in [0.5, 0.6) is 0 Å². The summed E-state index contributed by atoms with van der Waals surface area (Å²) < 4.78 is 22.1. The van der Waals surface area contributed by atoms with Gasteiger partial charge >= 0.3 is 0 Å². The lowest BCUT2D eigenvalue weighted by atomic mass is 10.1. The molecule has 0 aromatic heterocycles. The maximum absolute atomic E-state index is 11.7. The van der Waals surface area contributed by atoms with Crippen molar-refractivity contribution in [1.82, 2.24) is 10.2 Å². The molecule has 94 valence electrons. The van der Waals surface area contributed by atoms with Crippen LogP contribution < -0.4 is 5.32 Å². The van der Waals surface area contributed by atoms with Gasteiger partial charge in [-0.05, 0) is 6.42 Å². The van der Waals surface area contributed by atoms with E-state index in [9.17, 15) is 18.3 Å². The quantitative estimate of drug-likeness (QED) is 0.640. The molecule has 0 saturated carbocycles. The zero-order valence-corrected chi connectivity index (χ0v) is 10.3. The first-order chi connectivity index (χ1) is 7.35. The van der Waals surface area contributed by atoms with Crippen molar-refractivity contribution in [3.63, 3.8) is 0 Å². The molecule has 1 fully saturated rings. The molecule has 1 aliphatic heterocycles. The van der Waals surface area contributed by atoms with Gasteiger partial charge in [0.05, 0.1) is 6.04 Å². The Labute approximate surface area is 95.5 Å². The second kappa shape index (κ2) is 5.11. The van der Waals surface area contributed by atoms with Gasteiger partial charge in [0.25, 0.3) is 0 Å². The van der Waals surface area contributed by atoms with Gasteiger partial charge in [-0.25, -0.2) is 8.42 Å². The number of aliphatic hydroxyl groups is 1. The van der Waals surface area contributed by atoms with E-state index < -0.39 is 27.7 Å².